The monoisotopic (exact) mass is 787 g/mol. The summed E-state index contributed by atoms with van der Waals surface area (Å²) in [5, 5.41) is 7.42. The Morgan fingerprint density at radius 1 is 0.274 bits per heavy atom. The van der Waals surface area contributed by atoms with Gasteiger partial charge in [-0.2, -0.15) is 0 Å². The van der Waals surface area contributed by atoms with Crippen molar-refractivity contribution in [3.63, 3.8) is 0 Å². The van der Waals surface area contributed by atoms with Gasteiger partial charge < -0.3 is 4.90 Å². The minimum absolute atomic E-state index is 0.517. The summed E-state index contributed by atoms with van der Waals surface area (Å²) in [6.07, 6.45) is 0. The van der Waals surface area contributed by atoms with Crippen molar-refractivity contribution in [2.75, 3.05) is 4.90 Å². The highest BCUT2D eigenvalue weighted by molar-refractivity contribution is 6.16. The average Bonchev–Trinajstić information content (AvgIpc) is 3.65. The summed E-state index contributed by atoms with van der Waals surface area (Å²) in [5.74, 6) is 0. The topological polar surface area (TPSA) is 3.24 Å². The van der Waals surface area contributed by atoms with E-state index in [1.54, 1.807) is 0 Å². The van der Waals surface area contributed by atoms with Crippen LogP contribution >= 0.6 is 0 Å². The number of fused-ring (bicyclic) bond motifs is 7. The third kappa shape index (κ3) is 5.56. The fraction of sp³-hybridized carbons (Fsp3) is 0.0164. The van der Waals surface area contributed by atoms with Gasteiger partial charge in [-0.05, 0) is 113 Å². The summed E-state index contributed by atoms with van der Waals surface area (Å²) in [6, 6.07) is 91.7. The Labute approximate surface area is 362 Å². The number of nitrogens with zero attached hydrogens (tertiary/aromatic N) is 1. The second-order valence-electron chi connectivity index (χ2n) is 16.4. The summed E-state index contributed by atoms with van der Waals surface area (Å²) in [6.45, 7) is 0. The van der Waals surface area contributed by atoms with Gasteiger partial charge in [0.2, 0.25) is 0 Å². The first kappa shape index (κ1) is 35.9. The van der Waals surface area contributed by atoms with Crippen molar-refractivity contribution in [2.24, 2.45) is 0 Å². The zero-order chi connectivity index (χ0) is 41.0. The van der Waals surface area contributed by atoms with Crippen molar-refractivity contribution in [3.8, 4) is 33.4 Å². The predicted octanol–water partition coefficient (Wildman–Crippen LogP) is 16.3. The standard InChI is InChI=1S/C61H41N/c1-4-17-42(18-5-1)51-28-15-29-52-53-30-16-32-60(57(53)40-39-54(51)52)62(47-35-33-44(34-36-47)50-27-14-20-43-19-10-11-25-49(43)50)48-37-38-56-55-26-12-13-31-58(55)61(59(56)41-48,45-21-6-2-7-22-45)46-23-8-3-9-24-46/h1-41H. The lowest BCUT2D eigenvalue weighted by Gasteiger charge is -2.35. The molecule has 12 rings (SSSR count). The highest BCUT2D eigenvalue weighted by Crippen LogP contribution is 2.57. The Balaban J connectivity index is 1.11. The van der Waals surface area contributed by atoms with Crippen molar-refractivity contribution >= 4 is 49.4 Å². The first-order chi connectivity index (χ1) is 30.8. The van der Waals surface area contributed by atoms with Gasteiger partial charge in [-0.25, -0.2) is 0 Å². The molecule has 0 spiro atoms. The zero-order valence-electron chi connectivity index (χ0n) is 34.1. The zero-order valence-corrected chi connectivity index (χ0v) is 34.1. The van der Waals surface area contributed by atoms with E-state index in [0.717, 1.165) is 17.1 Å². The number of anilines is 3. The Morgan fingerprint density at radius 2 is 0.774 bits per heavy atom. The van der Waals surface area contributed by atoms with Crippen LogP contribution in [0.5, 0.6) is 0 Å². The SMILES string of the molecule is c1ccc(-c2cccc3c2ccc2c(N(c4ccc(-c5cccc6ccccc56)cc4)c4ccc5c(c4)C(c4ccccc4)(c4ccccc4)c4ccccc4-5)cccc23)cc1. The second kappa shape index (κ2) is 14.6. The lowest BCUT2D eigenvalue weighted by atomic mass is 9.67. The van der Waals surface area contributed by atoms with E-state index in [2.05, 4.69) is 254 Å². The molecule has 11 aromatic carbocycles. The van der Waals surface area contributed by atoms with Gasteiger partial charge in [-0.15, -0.1) is 0 Å². The molecule has 0 aliphatic heterocycles. The van der Waals surface area contributed by atoms with Crippen molar-refractivity contribution in [2.45, 2.75) is 5.41 Å². The Kier molecular flexibility index (Phi) is 8.47. The number of hydrogen-bond donors (Lipinski definition) is 0. The molecule has 11 aromatic rings. The van der Waals surface area contributed by atoms with Crippen LogP contribution < -0.4 is 4.90 Å². The minimum Gasteiger partial charge on any atom is -0.310 e. The van der Waals surface area contributed by atoms with Gasteiger partial charge in [0.05, 0.1) is 11.1 Å². The van der Waals surface area contributed by atoms with E-state index in [-0.39, 0.29) is 0 Å². The third-order valence-corrected chi connectivity index (χ3v) is 13.1. The average molecular weight is 788 g/mol. The minimum atomic E-state index is -0.517. The van der Waals surface area contributed by atoms with Gasteiger partial charge >= 0.3 is 0 Å². The van der Waals surface area contributed by atoms with Crippen LogP contribution in [0.25, 0.3) is 65.7 Å². The van der Waals surface area contributed by atoms with Crippen LogP contribution in [0.15, 0.2) is 249 Å². The summed E-state index contributed by atoms with van der Waals surface area (Å²) >= 11 is 0. The molecule has 0 aromatic heterocycles. The van der Waals surface area contributed by atoms with Gasteiger partial charge in [0.1, 0.15) is 0 Å². The molecule has 62 heavy (non-hydrogen) atoms. The molecule has 290 valence electrons. The normalized spacial score (nSPS) is 12.6. The molecule has 1 nitrogen and oxygen atoms in total. The molecule has 0 N–H and O–H groups in total. The lowest BCUT2D eigenvalue weighted by molar-refractivity contribution is 0.768. The maximum atomic E-state index is 2.48. The van der Waals surface area contributed by atoms with Crippen molar-refractivity contribution in [1.82, 2.24) is 0 Å². The van der Waals surface area contributed by atoms with Crippen LogP contribution in [-0.4, -0.2) is 0 Å². The first-order valence-electron chi connectivity index (χ1n) is 21.5. The quantitative estimate of drug-likeness (QED) is 0.145. The molecule has 0 fully saturated rings. The van der Waals surface area contributed by atoms with Crippen LogP contribution in [0, 0.1) is 0 Å². The van der Waals surface area contributed by atoms with E-state index >= 15 is 0 Å². The highest BCUT2D eigenvalue weighted by Gasteiger charge is 2.46. The van der Waals surface area contributed by atoms with E-state index in [1.165, 1.54) is 88.0 Å². The Morgan fingerprint density at radius 3 is 1.53 bits per heavy atom. The summed E-state index contributed by atoms with van der Waals surface area (Å²) < 4.78 is 0. The van der Waals surface area contributed by atoms with Crippen LogP contribution in [0.3, 0.4) is 0 Å². The molecule has 1 aliphatic carbocycles. The van der Waals surface area contributed by atoms with Gasteiger partial charge in [-0.1, -0.05) is 218 Å². The molecular weight excluding hydrogens is 747 g/mol. The largest absolute Gasteiger partial charge is 0.310 e. The molecule has 1 aliphatic rings. The van der Waals surface area contributed by atoms with E-state index < -0.39 is 5.41 Å². The molecule has 0 heterocycles. The fourth-order valence-electron chi connectivity index (χ4n) is 10.4. The maximum Gasteiger partial charge on any atom is 0.0714 e. The smallest absolute Gasteiger partial charge is 0.0714 e. The summed E-state index contributed by atoms with van der Waals surface area (Å²) in [4.78, 5) is 2.48. The molecule has 0 saturated carbocycles. The second-order valence-corrected chi connectivity index (χ2v) is 16.4. The van der Waals surface area contributed by atoms with Gasteiger partial charge in [-0.3, -0.25) is 0 Å². The molecular formula is C61H41N. The van der Waals surface area contributed by atoms with Crippen molar-refractivity contribution in [3.05, 3.63) is 271 Å². The van der Waals surface area contributed by atoms with E-state index in [1.807, 2.05) is 0 Å². The van der Waals surface area contributed by atoms with Crippen molar-refractivity contribution in [1.29, 1.82) is 0 Å². The summed E-state index contributed by atoms with van der Waals surface area (Å²) in [7, 11) is 0. The van der Waals surface area contributed by atoms with Crippen LogP contribution in [-0.2, 0) is 5.41 Å². The third-order valence-electron chi connectivity index (χ3n) is 13.1. The van der Waals surface area contributed by atoms with Crippen LogP contribution in [0.4, 0.5) is 17.1 Å². The van der Waals surface area contributed by atoms with Gasteiger partial charge in [0.25, 0.3) is 0 Å². The molecule has 0 amide bonds. The number of benzene rings is 11. The molecule has 0 atom stereocenters. The molecule has 0 bridgehead atoms. The van der Waals surface area contributed by atoms with E-state index in [9.17, 15) is 0 Å². The molecule has 0 radical (unpaired) electrons. The Bertz CT molecular complexity index is 3400. The highest BCUT2D eigenvalue weighted by atomic mass is 15.1. The van der Waals surface area contributed by atoms with Crippen LogP contribution in [0.1, 0.15) is 22.3 Å². The number of hydrogen-bond acceptors (Lipinski definition) is 1. The predicted molar refractivity (Wildman–Crippen MR) is 262 cm³/mol. The molecule has 0 unspecified atom stereocenters. The molecule has 0 saturated heterocycles. The summed E-state index contributed by atoms with van der Waals surface area (Å²) in [5.41, 5.74) is 15.4. The maximum absolute atomic E-state index is 2.48. The van der Waals surface area contributed by atoms with Gasteiger partial charge in [0, 0.05) is 16.8 Å². The van der Waals surface area contributed by atoms with Crippen molar-refractivity contribution < 1.29 is 0 Å². The van der Waals surface area contributed by atoms with E-state index in [0.29, 0.717) is 0 Å². The number of rotatable bonds is 7. The fourth-order valence-corrected chi connectivity index (χ4v) is 10.4. The Hall–Kier alpha value is -8.00. The van der Waals surface area contributed by atoms with Crippen LogP contribution in [0.2, 0.25) is 0 Å². The molecule has 1 heteroatoms. The van der Waals surface area contributed by atoms with Gasteiger partial charge in [0.15, 0.2) is 0 Å². The first-order valence-corrected chi connectivity index (χ1v) is 21.5. The lowest BCUT2D eigenvalue weighted by Crippen LogP contribution is -2.28. The van der Waals surface area contributed by atoms with E-state index in [4.69, 9.17) is 0 Å².